The maximum Gasteiger partial charge on any atom is 0.254 e. The molecule has 26 heavy (non-hydrogen) atoms. The van der Waals surface area contributed by atoms with Crippen molar-refractivity contribution in [1.82, 2.24) is 15.0 Å². The highest BCUT2D eigenvalue weighted by atomic mass is 32.2. The fourth-order valence-electron chi connectivity index (χ4n) is 2.44. The Hall–Kier alpha value is -2.60. The van der Waals surface area contributed by atoms with Crippen LogP contribution in [0.5, 0.6) is 0 Å². The zero-order valence-electron chi connectivity index (χ0n) is 15.1. The van der Waals surface area contributed by atoms with Crippen LogP contribution in [0.2, 0.25) is 0 Å². The number of aromatic amines is 1. The quantitative estimate of drug-likeness (QED) is 0.644. The number of hydrogen-bond acceptors (Lipinski definition) is 5. The minimum Gasteiger partial charge on any atom is -0.369 e. The maximum atomic E-state index is 11.9. The summed E-state index contributed by atoms with van der Waals surface area (Å²) in [5, 5.41) is 3.76. The lowest BCUT2D eigenvalue weighted by atomic mass is 10.2. The standard InChI is InChI=1S/C20H22N4OS/c1-13(26-17-7-5-4-6-8-17)11-21-18-10-9-16(12-22-18)19-23-15(3)14(2)20(25)24-19/h4-10,12-13H,11H2,1-3H3,(H,21,22)(H,23,24,25). The van der Waals surface area contributed by atoms with Gasteiger partial charge in [-0.05, 0) is 38.1 Å². The molecule has 3 aromatic rings. The number of aryl methyl sites for hydroxylation is 1. The number of rotatable bonds is 6. The summed E-state index contributed by atoms with van der Waals surface area (Å²) in [5.41, 5.74) is 2.06. The Labute approximate surface area is 157 Å². The van der Waals surface area contributed by atoms with Crippen LogP contribution in [-0.4, -0.2) is 26.7 Å². The molecule has 0 radical (unpaired) electrons. The second-order valence-corrected chi connectivity index (χ2v) is 7.69. The van der Waals surface area contributed by atoms with Crippen LogP contribution in [0.1, 0.15) is 18.2 Å². The fourth-order valence-corrected chi connectivity index (χ4v) is 3.39. The van der Waals surface area contributed by atoms with Gasteiger partial charge in [-0.2, -0.15) is 0 Å². The summed E-state index contributed by atoms with van der Waals surface area (Å²) in [6, 6.07) is 14.2. The average molecular weight is 366 g/mol. The van der Waals surface area contributed by atoms with Crippen molar-refractivity contribution in [3.63, 3.8) is 0 Å². The van der Waals surface area contributed by atoms with Crippen LogP contribution in [-0.2, 0) is 0 Å². The summed E-state index contributed by atoms with van der Waals surface area (Å²) in [6.45, 7) is 6.60. The number of benzene rings is 1. The molecule has 0 saturated carbocycles. The van der Waals surface area contributed by atoms with E-state index >= 15 is 0 Å². The predicted octanol–water partition coefficient (Wildman–Crippen LogP) is 4.04. The van der Waals surface area contributed by atoms with Crippen molar-refractivity contribution in [2.75, 3.05) is 11.9 Å². The van der Waals surface area contributed by atoms with Gasteiger partial charge >= 0.3 is 0 Å². The highest BCUT2D eigenvalue weighted by Crippen LogP contribution is 2.23. The van der Waals surface area contributed by atoms with E-state index in [0.717, 1.165) is 23.6 Å². The van der Waals surface area contributed by atoms with E-state index in [1.165, 1.54) is 4.90 Å². The topological polar surface area (TPSA) is 70.7 Å². The highest BCUT2D eigenvalue weighted by Gasteiger charge is 2.08. The lowest BCUT2D eigenvalue weighted by Crippen LogP contribution is -2.15. The minimum atomic E-state index is -0.110. The first kappa shape index (κ1) is 18.2. The second kappa shape index (κ2) is 8.19. The Morgan fingerprint density at radius 3 is 2.58 bits per heavy atom. The molecule has 2 aromatic heterocycles. The zero-order valence-corrected chi connectivity index (χ0v) is 15.9. The van der Waals surface area contributed by atoms with Crippen LogP contribution in [0, 0.1) is 13.8 Å². The van der Waals surface area contributed by atoms with Gasteiger partial charge in [0.2, 0.25) is 0 Å². The van der Waals surface area contributed by atoms with E-state index in [1.54, 1.807) is 13.1 Å². The molecule has 1 aromatic carbocycles. The van der Waals surface area contributed by atoms with Crippen molar-refractivity contribution in [2.45, 2.75) is 30.9 Å². The van der Waals surface area contributed by atoms with Gasteiger partial charge in [-0.15, -0.1) is 11.8 Å². The molecule has 0 aliphatic rings. The average Bonchev–Trinajstić information content (AvgIpc) is 2.65. The van der Waals surface area contributed by atoms with Crippen molar-refractivity contribution in [3.8, 4) is 11.4 Å². The third kappa shape index (κ3) is 4.52. The van der Waals surface area contributed by atoms with E-state index in [4.69, 9.17) is 0 Å². The molecule has 2 N–H and O–H groups in total. The van der Waals surface area contributed by atoms with Crippen LogP contribution in [0.4, 0.5) is 5.82 Å². The molecule has 3 rings (SSSR count). The fraction of sp³-hybridized carbons (Fsp3) is 0.250. The number of pyridine rings is 1. The summed E-state index contributed by atoms with van der Waals surface area (Å²) in [6.07, 6.45) is 1.73. The van der Waals surface area contributed by atoms with Gasteiger partial charge in [0.05, 0.1) is 0 Å². The first-order valence-corrected chi connectivity index (χ1v) is 9.40. The van der Waals surface area contributed by atoms with Crippen molar-refractivity contribution in [3.05, 3.63) is 70.3 Å². The van der Waals surface area contributed by atoms with Gasteiger partial charge in [-0.3, -0.25) is 4.79 Å². The van der Waals surface area contributed by atoms with Gasteiger partial charge < -0.3 is 10.3 Å². The highest BCUT2D eigenvalue weighted by molar-refractivity contribution is 8.00. The van der Waals surface area contributed by atoms with Crippen LogP contribution >= 0.6 is 11.8 Å². The van der Waals surface area contributed by atoms with Crippen molar-refractivity contribution >= 4 is 17.6 Å². The summed E-state index contributed by atoms with van der Waals surface area (Å²) in [5.74, 6) is 1.35. The van der Waals surface area contributed by atoms with E-state index in [1.807, 2.05) is 49.0 Å². The zero-order chi connectivity index (χ0) is 18.5. The van der Waals surface area contributed by atoms with Crippen molar-refractivity contribution in [1.29, 1.82) is 0 Å². The van der Waals surface area contributed by atoms with Gasteiger partial charge in [-0.1, -0.05) is 25.1 Å². The molecule has 0 bridgehead atoms. The molecule has 134 valence electrons. The molecule has 2 heterocycles. The Kier molecular flexibility index (Phi) is 5.73. The number of aromatic nitrogens is 3. The predicted molar refractivity (Wildman–Crippen MR) is 108 cm³/mol. The Balaban J connectivity index is 1.62. The molecule has 5 nitrogen and oxygen atoms in total. The number of hydrogen-bond donors (Lipinski definition) is 2. The number of anilines is 1. The monoisotopic (exact) mass is 366 g/mol. The van der Waals surface area contributed by atoms with E-state index in [-0.39, 0.29) is 5.56 Å². The van der Waals surface area contributed by atoms with E-state index in [2.05, 4.69) is 39.3 Å². The summed E-state index contributed by atoms with van der Waals surface area (Å²) in [7, 11) is 0. The lowest BCUT2D eigenvalue weighted by molar-refractivity contribution is 0.986. The summed E-state index contributed by atoms with van der Waals surface area (Å²) >= 11 is 1.83. The van der Waals surface area contributed by atoms with Crippen LogP contribution in [0.15, 0.2) is 58.4 Å². The molecular formula is C20H22N4OS. The maximum absolute atomic E-state index is 11.9. The normalized spacial score (nSPS) is 12.0. The summed E-state index contributed by atoms with van der Waals surface area (Å²) < 4.78 is 0. The van der Waals surface area contributed by atoms with Crippen LogP contribution in [0.3, 0.4) is 0 Å². The van der Waals surface area contributed by atoms with Crippen LogP contribution < -0.4 is 10.9 Å². The van der Waals surface area contributed by atoms with Crippen molar-refractivity contribution < 1.29 is 0 Å². The van der Waals surface area contributed by atoms with E-state index in [9.17, 15) is 4.79 Å². The molecule has 0 aliphatic heterocycles. The molecule has 0 aliphatic carbocycles. The molecule has 1 unspecified atom stereocenters. The van der Waals surface area contributed by atoms with Gasteiger partial charge in [0, 0.05) is 39.7 Å². The molecule has 0 fully saturated rings. The lowest BCUT2D eigenvalue weighted by Gasteiger charge is -2.13. The van der Waals surface area contributed by atoms with Crippen molar-refractivity contribution in [2.24, 2.45) is 0 Å². The first-order valence-electron chi connectivity index (χ1n) is 8.52. The second-order valence-electron chi connectivity index (χ2n) is 6.18. The molecule has 0 spiro atoms. The smallest absolute Gasteiger partial charge is 0.254 e. The van der Waals surface area contributed by atoms with Crippen LogP contribution in [0.25, 0.3) is 11.4 Å². The molecule has 0 saturated heterocycles. The van der Waals surface area contributed by atoms with E-state index < -0.39 is 0 Å². The molecule has 1 atom stereocenters. The van der Waals surface area contributed by atoms with Gasteiger partial charge in [-0.25, -0.2) is 9.97 Å². The van der Waals surface area contributed by atoms with Gasteiger partial charge in [0.25, 0.3) is 5.56 Å². The molecule has 0 amide bonds. The van der Waals surface area contributed by atoms with E-state index in [0.29, 0.717) is 16.6 Å². The number of H-pyrrole nitrogens is 1. The van der Waals surface area contributed by atoms with Gasteiger partial charge in [0.15, 0.2) is 0 Å². The number of thioether (sulfide) groups is 1. The minimum absolute atomic E-state index is 0.110. The Morgan fingerprint density at radius 1 is 1.15 bits per heavy atom. The molecular weight excluding hydrogens is 344 g/mol. The third-order valence-electron chi connectivity index (χ3n) is 4.08. The third-order valence-corrected chi connectivity index (χ3v) is 5.20. The SMILES string of the molecule is Cc1nc(-c2ccc(NCC(C)Sc3ccccc3)nc2)[nH]c(=O)c1C. The Bertz CT molecular complexity index is 923. The first-order chi connectivity index (χ1) is 12.5. The number of nitrogens with one attached hydrogen (secondary N) is 2. The molecule has 6 heteroatoms. The summed E-state index contributed by atoms with van der Waals surface area (Å²) in [4.78, 5) is 24.8. The number of nitrogens with zero attached hydrogens (tertiary/aromatic N) is 2. The van der Waals surface area contributed by atoms with Gasteiger partial charge in [0.1, 0.15) is 11.6 Å². The largest absolute Gasteiger partial charge is 0.369 e. The Morgan fingerprint density at radius 2 is 1.92 bits per heavy atom.